The van der Waals surface area contributed by atoms with Gasteiger partial charge in [-0.3, -0.25) is 0 Å². The van der Waals surface area contributed by atoms with E-state index < -0.39 is 0 Å². The van der Waals surface area contributed by atoms with Crippen LogP contribution in [0, 0.1) is 5.82 Å². The molecule has 2 nitrogen and oxygen atoms in total. The minimum absolute atomic E-state index is 0.330. The summed E-state index contributed by atoms with van der Waals surface area (Å²) in [7, 11) is 0. The average molecular weight is 242 g/mol. The van der Waals surface area contributed by atoms with E-state index in [0.29, 0.717) is 23.9 Å². The highest BCUT2D eigenvalue weighted by molar-refractivity contribution is 6.30. The number of halogens is 2. The molecule has 0 saturated carbocycles. The van der Waals surface area contributed by atoms with Crippen LogP contribution < -0.4 is 5.32 Å². The molecule has 0 saturated heterocycles. The first kappa shape index (κ1) is 11.4. The average Bonchev–Trinajstić information content (AvgIpc) is 2.27. The Kier molecular flexibility index (Phi) is 3.80. The highest BCUT2D eigenvalue weighted by atomic mass is 35.5. The number of ether oxygens (including phenoxy) is 1. The summed E-state index contributed by atoms with van der Waals surface area (Å²) in [6, 6.07) is 4.42. The van der Waals surface area contributed by atoms with E-state index in [1.807, 2.05) is 0 Å². The molecule has 0 aliphatic carbocycles. The Morgan fingerprint density at radius 1 is 1.38 bits per heavy atom. The number of benzene rings is 1. The predicted molar refractivity (Wildman–Crippen MR) is 63.4 cm³/mol. The van der Waals surface area contributed by atoms with Crippen LogP contribution in [0.4, 0.5) is 10.1 Å². The monoisotopic (exact) mass is 241 g/mol. The van der Waals surface area contributed by atoms with Gasteiger partial charge in [0.1, 0.15) is 5.82 Å². The van der Waals surface area contributed by atoms with Crippen molar-refractivity contribution in [3.63, 3.8) is 0 Å². The molecule has 0 aromatic heterocycles. The molecule has 1 aromatic carbocycles. The fraction of sp³-hybridized carbons (Fsp3) is 0.333. The zero-order valence-corrected chi connectivity index (χ0v) is 9.56. The maximum atomic E-state index is 13.0. The van der Waals surface area contributed by atoms with Crippen molar-refractivity contribution < 1.29 is 9.13 Å². The van der Waals surface area contributed by atoms with E-state index in [4.69, 9.17) is 16.3 Å². The molecular weight excluding hydrogens is 229 g/mol. The van der Waals surface area contributed by atoms with Crippen LogP contribution in [0.3, 0.4) is 0 Å². The van der Waals surface area contributed by atoms with Gasteiger partial charge in [-0.1, -0.05) is 17.7 Å². The lowest BCUT2D eigenvalue weighted by Gasteiger charge is -2.15. The molecule has 1 aromatic rings. The van der Waals surface area contributed by atoms with Crippen molar-refractivity contribution in [2.75, 3.05) is 25.1 Å². The standard InChI is InChI=1S/C12H13ClFNO/c13-10-4-11(14)6-12(5-10)15-7-9-2-1-3-16-8-9/h2,4-6,15H,1,3,7-8H2. The van der Waals surface area contributed by atoms with E-state index in [1.54, 1.807) is 6.07 Å². The third-order valence-corrected chi connectivity index (χ3v) is 2.58. The van der Waals surface area contributed by atoms with Crippen LogP contribution in [0.15, 0.2) is 29.8 Å². The molecule has 1 aliphatic heterocycles. The second-order valence-corrected chi connectivity index (χ2v) is 4.15. The molecule has 0 spiro atoms. The normalized spacial score (nSPS) is 15.8. The van der Waals surface area contributed by atoms with Gasteiger partial charge in [-0.15, -0.1) is 0 Å². The summed E-state index contributed by atoms with van der Waals surface area (Å²) in [6.45, 7) is 2.10. The van der Waals surface area contributed by atoms with Crippen molar-refractivity contribution in [3.8, 4) is 0 Å². The number of rotatable bonds is 3. The van der Waals surface area contributed by atoms with Crippen molar-refractivity contribution in [1.29, 1.82) is 0 Å². The van der Waals surface area contributed by atoms with Crippen LogP contribution in [-0.4, -0.2) is 19.8 Å². The van der Waals surface area contributed by atoms with Gasteiger partial charge in [0.2, 0.25) is 0 Å². The van der Waals surface area contributed by atoms with Crippen LogP contribution in [-0.2, 0) is 4.74 Å². The van der Waals surface area contributed by atoms with Crippen LogP contribution in [0.1, 0.15) is 6.42 Å². The SMILES string of the molecule is Fc1cc(Cl)cc(NCC2=CCCOC2)c1. The van der Waals surface area contributed by atoms with Gasteiger partial charge in [0.25, 0.3) is 0 Å². The van der Waals surface area contributed by atoms with Gasteiger partial charge >= 0.3 is 0 Å². The van der Waals surface area contributed by atoms with Crippen LogP contribution in [0.2, 0.25) is 5.02 Å². The van der Waals surface area contributed by atoms with Crippen molar-refractivity contribution in [3.05, 3.63) is 40.7 Å². The summed E-state index contributed by atoms with van der Waals surface area (Å²) in [6.07, 6.45) is 3.10. The number of hydrogen-bond acceptors (Lipinski definition) is 2. The molecule has 2 rings (SSSR count). The Bertz CT molecular complexity index is 386. The van der Waals surface area contributed by atoms with E-state index in [-0.39, 0.29) is 5.82 Å². The van der Waals surface area contributed by atoms with E-state index in [1.165, 1.54) is 17.7 Å². The Morgan fingerprint density at radius 2 is 2.25 bits per heavy atom. The summed E-state index contributed by atoms with van der Waals surface area (Å²) >= 11 is 5.75. The fourth-order valence-electron chi connectivity index (χ4n) is 1.60. The molecule has 16 heavy (non-hydrogen) atoms. The molecular formula is C12H13ClFNO. The van der Waals surface area contributed by atoms with Gasteiger partial charge in [-0.25, -0.2) is 4.39 Å². The molecule has 0 fully saturated rings. The summed E-state index contributed by atoms with van der Waals surface area (Å²) in [5.74, 6) is -0.330. The van der Waals surface area contributed by atoms with Gasteiger partial charge in [0.15, 0.2) is 0 Å². The molecule has 0 amide bonds. The number of anilines is 1. The van der Waals surface area contributed by atoms with Gasteiger partial charge in [0.05, 0.1) is 13.2 Å². The lowest BCUT2D eigenvalue weighted by atomic mass is 10.2. The second-order valence-electron chi connectivity index (χ2n) is 3.72. The van der Waals surface area contributed by atoms with Crippen molar-refractivity contribution in [2.45, 2.75) is 6.42 Å². The van der Waals surface area contributed by atoms with Crippen LogP contribution in [0.25, 0.3) is 0 Å². The third-order valence-electron chi connectivity index (χ3n) is 2.36. The summed E-state index contributed by atoms with van der Waals surface area (Å²) in [4.78, 5) is 0. The quantitative estimate of drug-likeness (QED) is 0.821. The molecule has 0 bridgehead atoms. The molecule has 0 radical (unpaired) electrons. The Hall–Kier alpha value is -1.06. The summed E-state index contributed by atoms with van der Waals surface area (Å²) in [5.41, 5.74) is 1.88. The smallest absolute Gasteiger partial charge is 0.126 e. The Labute approximate surface area is 99.1 Å². The van der Waals surface area contributed by atoms with Gasteiger partial charge < -0.3 is 10.1 Å². The first-order valence-electron chi connectivity index (χ1n) is 5.19. The number of nitrogens with one attached hydrogen (secondary N) is 1. The summed E-state index contributed by atoms with van der Waals surface area (Å²) in [5, 5.41) is 3.52. The Balaban J connectivity index is 1.96. The van der Waals surface area contributed by atoms with Crippen LogP contribution >= 0.6 is 11.6 Å². The van der Waals surface area contributed by atoms with E-state index in [9.17, 15) is 4.39 Å². The van der Waals surface area contributed by atoms with Crippen molar-refractivity contribution in [2.24, 2.45) is 0 Å². The molecule has 4 heteroatoms. The first-order valence-corrected chi connectivity index (χ1v) is 5.57. The minimum atomic E-state index is -0.330. The fourth-order valence-corrected chi connectivity index (χ4v) is 1.83. The van der Waals surface area contributed by atoms with Gasteiger partial charge in [-0.2, -0.15) is 0 Å². The first-order chi connectivity index (χ1) is 7.74. The molecule has 1 aliphatic rings. The molecule has 1 N–H and O–H groups in total. The number of hydrogen-bond donors (Lipinski definition) is 1. The Morgan fingerprint density at radius 3 is 2.94 bits per heavy atom. The van der Waals surface area contributed by atoms with Crippen molar-refractivity contribution >= 4 is 17.3 Å². The molecule has 1 heterocycles. The maximum absolute atomic E-state index is 13.0. The predicted octanol–water partition coefficient (Wildman–Crippen LogP) is 3.24. The van der Waals surface area contributed by atoms with Gasteiger partial charge in [-0.05, 0) is 30.2 Å². The van der Waals surface area contributed by atoms with Gasteiger partial charge in [0, 0.05) is 17.3 Å². The van der Waals surface area contributed by atoms with Crippen LogP contribution in [0.5, 0.6) is 0 Å². The molecule has 0 atom stereocenters. The van der Waals surface area contributed by atoms with Crippen molar-refractivity contribution in [1.82, 2.24) is 0 Å². The van der Waals surface area contributed by atoms with E-state index in [2.05, 4.69) is 11.4 Å². The molecule has 0 unspecified atom stereocenters. The maximum Gasteiger partial charge on any atom is 0.126 e. The molecule has 86 valence electrons. The lowest BCUT2D eigenvalue weighted by molar-refractivity contribution is 0.150. The largest absolute Gasteiger partial charge is 0.381 e. The topological polar surface area (TPSA) is 21.3 Å². The third kappa shape index (κ3) is 3.22. The zero-order chi connectivity index (χ0) is 11.4. The highest BCUT2D eigenvalue weighted by Gasteiger charge is 2.04. The van der Waals surface area contributed by atoms with E-state index in [0.717, 1.165) is 13.0 Å². The second kappa shape index (κ2) is 5.32. The summed E-state index contributed by atoms with van der Waals surface area (Å²) < 4.78 is 18.3. The van der Waals surface area contributed by atoms with E-state index >= 15 is 0 Å². The minimum Gasteiger partial charge on any atom is -0.381 e. The lowest BCUT2D eigenvalue weighted by Crippen LogP contribution is -2.14. The zero-order valence-electron chi connectivity index (χ0n) is 8.80. The highest BCUT2D eigenvalue weighted by Crippen LogP contribution is 2.18.